The number of alkyl halides is 6. The Morgan fingerprint density at radius 2 is 0.917 bits per heavy atom. The maximum atomic E-state index is 12.9. The first-order valence-corrected chi connectivity index (χ1v) is 13.0. The lowest BCUT2D eigenvalue weighted by molar-refractivity contribution is -0.0474. The fourth-order valence-corrected chi connectivity index (χ4v) is 5.24. The lowest BCUT2D eigenvalue weighted by atomic mass is 9.95. The number of hydrogen-bond donors (Lipinski definition) is 0. The van der Waals surface area contributed by atoms with E-state index in [4.69, 9.17) is 0 Å². The Kier molecular flexibility index (Phi) is 6.23. The monoisotopic (exact) mass is 550 g/mol. The standard InChI is InChI=1S/C22H16F6N2O4S2/c23-21(24,25)35(31,32)29-10-6-15(7-11-29)19-14-20(18-5-3-1-2-4-17(18)19)16-8-12-30(13-9-16)36(33,34)22(26,27)28/h1-16H. The highest BCUT2D eigenvalue weighted by Crippen LogP contribution is 2.43. The minimum atomic E-state index is -5.59. The molecule has 0 radical (unpaired) electrons. The van der Waals surface area contributed by atoms with E-state index in [1.54, 1.807) is 36.4 Å². The number of sulfonamides is 2. The largest absolute Gasteiger partial charge is 0.517 e. The summed E-state index contributed by atoms with van der Waals surface area (Å²) in [5, 5.41) is 0. The molecule has 0 spiro atoms. The van der Waals surface area contributed by atoms with Crippen molar-refractivity contribution in [2.75, 3.05) is 0 Å². The summed E-state index contributed by atoms with van der Waals surface area (Å²) in [6.07, 6.45) is 8.31. The maximum absolute atomic E-state index is 12.9. The average Bonchev–Trinajstić information content (AvgIpc) is 2.98. The Morgan fingerprint density at radius 1 is 0.583 bits per heavy atom. The van der Waals surface area contributed by atoms with Gasteiger partial charge in [-0.1, -0.05) is 60.7 Å². The van der Waals surface area contributed by atoms with Gasteiger partial charge in [0.25, 0.3) is 0 Å². The average molecular weight is 551 g/mol. The van der Waals surface area contributed by atoms with Gasteiger partial charge in [0, 0.05) is 36.6 Å². The van der Waals surface area contributed by atoms with E-state index in [2.05, 4.69) is 0 Å². The molecule has 0 amide bonds. The third-order valence-electron chi connectivity index (χ3n) is 5.59. The molecule has 4 aliphatic rings. The summed E-state index contributed by atoms with van der Waals surface area (Å²) in [7, 11) is -11.2. The Balaban J connectivity index is 1.68. The van der Waals surface area contributed by atoms with E-state index in [1.807, 2.05) is 0 Å². The molecule has 0 atom stereocenters. The lowest BCUT2D eigenvalue weighted by Crippen LogP contribution is -2.35. The van der Waals surface area contributed by atoms with E-state index in [0.29, 0.717) is 22.3 Å². The van der Waals surface area contributed by atoms with Gasteiger partial charge in [0.05, 0.1) is 0 Å². The molecule has 4 rings (SSSR count). The predicted octanol–water partition coefficient (Wildman–Crippen LogP) is 5.34. The van der Waals surface area contributed by atoms with Crippen LogP contribution in [0.4, 0.5) is 26.3 Å². The normalized spacial score (nSPS) is 17.9. The van der Waals surface area contributed by atoms with E-state index in [0.717, 1.165) is 24.8 Å². The van der Waals surface area contributed by atoms with Crippen molar-refractivity contribution in [2.24, 2.45) is 0 Å². The van der Waals surface area contributed by atoms with Gasteiger partial charge in [-0.3, -0.25) is 0 Å². The molecule has 14 heteroatoms. The molecule has 6 nitrogen and oxygen atoms in total. The Labute approximate surface area is 202 Å². The number of nitrogens with zero attached hydrogens (tertiary/aromatic N) is 2. The first kappa shape index (κ1) is 25.8. The van der Waals surface area contributed by atoms with Crippen LogP contribution in [0, 0.1) is 0 Å². The van der Waals surface area contributed by atoms with Gasteiger partial charge >= 0.3 is 31.1 Å². The van der Waals surface area contributed by atoms with Crippen molar-refractivity contribution in [3.63, 3.8) is 0 Å². The molecule has 0 saturated carbocycles. The maximum Gasteiger partial charge on any atom is 0.517 e. The third kappa shape index (κ3) is 4.39. The highest BCUT2D eigenvalue weighted by Gasteiger charge is 2.50. The SMILES string of the molecule is O=S(=O)(N1C=CC(c2cc(C3C=CN(S(=O)(=O)C(F)(F)F)C=C3)c3cccccc2-3)C=C1)C(F)(F)F. The number of rotatable bonds is 4. The molecule has 0 N–H and O–H groups in total. The van der Waals surface area contributed by atoms with Gasteiger partial charge in [0.15, 0.2) is 0 Å². The van der Waals surface area contributed by atoms with Crippen molar-refractivity contribution in [3.05, 3.63) is 96.6 Å². The molecular weight excluding hydrogens is 534 g/mol. The Bertz CT molecular complexity index is 1340. The summed E-state index contributed by atoms with van der Waals surface area (Å²) in [4.78, 5) is 0. The molecule has 2 heterocycles. The van der Waals surface area contributed by atoms with Gasteiger partial charge in [-0.2, -0.15) is 43.2 Å². The molecule has 0 aromatic heterocycles. The van der Waals surface area contributed by atoms with Crippen molar-refractivity contribution in [1.29, 1.82) is 0 Å². The number of allylic oxidation sites excluding steroid dienone is 4. The molecular formula is C22H16F6N2O4S2. The fraction of sp³-hybridized carbons (Fsp3) is 0.182. The minimum Gasteiger partial charge on any atom is -0.246 e. The van der Waals surface area contributed by atoms with Crippen LogP contribution in [0.25, 0.3) is 11.1 Å². The van der Waals surface area contributed by atoms with Crippen LogP contribution in [0.2, 0.25) is 0 Å². The zero-order valence-electron chi connectivity index (χ0n) is 17.8. The molecule has 0 unspecified atom stereocenters. The highest BCUT2D eigenvalue weighted by molar-refractivity contribution is 7.90. The van der Waals surface area contributed by atoms with Gasteiger partial charge in [0.2, 0.25) is 0 Å². The predicted molar refractivity (Wildman–Crippen MR) is 119 cm³/mol. The van der Waals surface area contributed by atoms with Crippen molar-refractivity contribution in [3.8, 4) is 11.1 Å². The zero-order chi connectivity index (χ0) is 26.5. The summed E-state index contributed by atoms with van der Waals surface area (Å²) >= 11 is 0. The Hall–Kier alpha value is -3.26. The molecule has 192 valence electrons. The minimum absolute atomic E-state index is 0.0673. The topological polar surface area (TPSA) is 74.8 Å². The Morgan fingerprint density at radius 3 is 1.22 bits per heavy atom. The molecule has 2 aliphatic carbocycles. The van der Waals surface area contributed by atoms with Crippen LogP contribution in [0.15, 0.2) is 85.5 Å². The van der Waals surface area contributed by atoms with Crippen LogP contribution >= 0.6 is 0 Å². The van der Waals surface area contributed by atoms with E-state index >= 15 is 0 Å². The van der Waals surface area contributed by atoms with E-state index in [1.165, 1.54) is 24.3 Å². The highest BCUT2D eigenvalue weighted by atomic mass is 32.2. The van der Waals surface area contributed by atoms with E-state index < -0.39 is 42.9 Å². The van der Waals surface area contributed by atoms with Crippen molar-refractivity contribution in [1.82, 2.24) is 8.61 Å². The number of hydrogen-bond acceptors (Lipinski definition) is 4. The second-order valence-corrected chi connectivity index (χ2v) is 11.4. The zero-order valence-corrected chi connectivity index (χ0v) is 19.5. The van der Waals surface area contributed by atoms with E-state index in [9.17, 15) is 43.2 Å². The summed E-state index contributed by atoms with van der Waals surface area (Å²) in [6, 6.07) is 10.3. The van der Waals surface area contributed by atoms with Gasteiger partial charge in [0.1, 0.15) is 0 Å². The van der Waals surface area contributed by atoms with Crippen LogP contribution in [0.3, 0.4) is 0 Å². The second-order valence-electron chi connectivity index (χ2n) is 7.77. The van der Waals surface area contributed by atoms with E-state index in [-0.39, 0.29) is 8.61 Å². The molecule has 0 bridgehead atoms. The molecule has 0 aromatic rings. The molecule has 36 heavy (non-hydrogen) atoms. The molecule has 0 saturated heterocycles. The van der Waals surface area contributed by atoms with Gasteiger partial charge in [-0.25, -0.2) is 8.61 Å². The van der Waals surface area contributed by atoms with Crippen molar-refractivity contribution < 1.29 is 43.2 Å². The summed E-state index contributed by atoms with van der Waals surface area (Å²) in [5.41, 5.74) is -8.38. The summed E-state index contributed by atoms with van der Waals surface area (Å²) < 4.78 is 124. The molecule has 0 fully saturated rings. The third-order valence-corrected chi connectivity index (χ3v) is 8.36. The number of fused-ring (bicyclic) bond motifs is 1. The van der Waals surface area contributed by atoms with Crippen molar-refractivity contribution in [2.45, 2.75) is 22.9 Å². The first-order valence-electron chi connectivity index (χ1n) is 10.1. The second kappa shape index (κ2) is 8.69. The van der Waals surface area contributed by atoms with Gasteiger partial charge in [-0.05, 0) is 22.3 Å². The lowest BCUT2D eigenvalue weighted by Gasteiger charge is -2.22. The van der Waals surface area contributed by atoms with Crippen molar-refractivity contribution >= 4 is 20.0 Å². The van der Waals surface area contributed by atoms with Crippen LogP contribution in [0.1, 0.15) is 23.0 Å². The van der Waals surface area contributed by atoms with Crippen LogP contribution < -0.4 is 0 Å². The molecule has 2 aliphatic heterocycles. The molecule has 0 aromatic carbocycles. The summed E-state index contributed by atoms with van der Waals surface area (Å²) in [5.74, 6) is -1.22. The summed E-state index contributed by atoms with van der Waals surface area (Å²) in [6.45, 7) is 0. The van der Waals surface area contributed by atoms with Crippen LogP contribution in [-0.4, -0.2) is 36.5 Å². The van der Waals surface area contributed by atoms with Gasteiger partial charge in [-0.15, -0.1) is 0 Å². The quantitative estimate of drug-likeness (QED) is 0.482. The smallest absolute Gasteiger partial charge is 0.246 e. The van der Waals surface area contributed by atoms with Crippen LogP contribution in [-0.2, 0) is 20.0 Å². The van der Waals surface area contributed by atoms with Gasteiger partial charge < -0.3 is 0 Å². The number of halogens is 6. The van der Waals surface area contributed by atoms with Crippen LogP contribution in [0.5, 0.6) is 0 Å². The first-order chi connectivity index (χ1) is 16.6. The fourth-order valence-electron chi connectivity index (χ4n) is 3.84.